The largest absolute Gasteiger partial charge is 0.486 e. The molecule has 2 aliphatic heterocycles. The molecule has 0 aliphatic carbocycles. The van der Waals surface area contributed by atoms with Crippen molar-refractivity contribution in [3.63, 3.8) is 0 Å². The Morgan fingerprint density at radius 3 is 2.56 bits per heavy atom. The molecule has 0 atom stereocenters. The van der Waals surface area contributed by atoms with Gasteiger partial charge in [0.25, 0.3) is 0 Å². The Morgan fingerprint density at radius 2 is 1.81 bits per heavy atom. The molecule has 0 amide bonds. The minimum Gasteiger partial charge on any atom is -0.486 e. The van der Waals surface area contributed by atoms with Crippen molar-refractivity contribution in [3.05, 3.63) is 40.6 Å². The molecule has 6 nitrogen and oxygen atoms in total. The zero-order valence-corrected chi connectivity index (χ0v) is 16.6. The van der Waals surface area contributed by atoms with E-state index in [0.29, 0.717) is 63.7 Å². The molecule has 0 saturated carbocycles. The third-order valence-corrected chi connectivity index (χ3v) is 7.76. The summed E-state index contributed by atoms with van der Waals surface area (Å²) >= 11 is 1.65. The predicted molar refractivity (Wildman–Crippen MR) is 103 cm³/mol. The van der Waals surface area contributed by atoms with Crippen molar-refractivity contribution >= 4 is 21.4 Å². The van der Waals surface area contributed by atoms with Gasteiger partial charge in [-0.05, 0) is 42.8 Å². The number of rotatable bonds is 6. The van der Waals surface area contributed by atoms with Gasteiger partial charge < -0.3 is 14.2 Å². The van der Waals surface area contributed by atoms with Gasteiger partial charge in [-0.1, -0.05) is 6.07 Å². The third kappa shape index (κ3) is 4.13. The van der Waals surface area contributed by atoms with Crippen LogP contribution in [0.3, 0.4) is 0 Å². The van der Waals surface area contributed by atoms with Crippen LogP contribution >= 0.6 is 11.3 Å². The first kappa shape index (κ1) is 18.7. The van der Waals surface area contributed by atoms with Crippen molar-refractivity contribution in [2.45, 2.75) is 30.2 Å². The average Bonchev–Trinajstić information content (AvgIpc) is 3.22. The summed E-state index contributed by atoms with van der Waals surface area (Å²) in [6.45, 7) is 2.56. The second-order valence-corrected chi connectivity index (χ2v) is 9.52. The molecular formula is C19H23NO5S2. The van der Waals surface area contributed by atoms with Gasteiger partial charge in [-0.2, -0.15) is 4.31 Å². The third-order valence-electron chi connectivity index (χ3n) is 4.88. The molecule has 8 heteroatoms. The van der Waals surface area contributed by atoms with E-state index in [0.717, 1.165) is 0 Å². The molecule has 4 rings (SSSR count). The molecule has 3 heterocycles. The van der Waals surface area contributed by atoms with Gasteiger partial charge in [-0.15, -0.1) is 11.3 Å². The van der Waals surface area contributed by atoms with Crippen LogP contribution in [0, 0.1) is 0 Å². The van der Waals surface area contributed by atoms with Crippen LogP contribution in [-0.4, -0.2) is 51.7 Å². The van der Waals surface area contributed by atoms with Crippen LogP contribution in [0.2, 0.25) is 0 Å². The van der Waals surface area contributed by atoms with Gasteiger partial charge >= 0.3 is 0 Å². The molecule has 0 spiro atoms. The quantitative estimate of drug-likeness (QED) is 0.734. The van der Waals surface area contributed by atoms with E-state index in [1.807, 2.05) is 17.5 Å². The first-order valence-electron chi connectivity index (χ1n) is 9.16. The van der Waals surface area contributed by atoms with Gasteiger partial charge in [0.1, 0.15) is 13.2 Å². The summed E-state index contributed by atoms with van der Waals surface area (Å²) in [5.74, 6) is 1.09. The zero-order valence-electron chi connectivity index (χ0n) is 15.0. The van der Waals surface area contributed by atoms with Crippen molar-refractivity contribution in [1.29, 1.82) is 0 Å². The molecule has 0 bridgehead atoms. The minimum atomic E-state index is -3.64. The van der Waals surface area contributed by atoms with Gasteiger partial charge in [0.05, 0.1) is 4.90 Å². The molecule has 2 aliphatic rings. The Labute approximate surface area is 163 Å². The van der Waals surface area contributed by atoms with E-state index in [-0.39, 0.29) is 10.9 Å². The van der Waals surface area contributed by atoms with Gasteiger partial charge in [0.15, 0.2) is 11.5 Å². The summed E-state index contributed by atoms with van der Waals surface area (Å²) in [7, 11) is -3.64. The molecule has 0 N–H and O–H groups in total. The monoisotopic (exact) mass is 409 g/mol. The Bertz CT molecular complexity index is 860. The standard InChI is InChI=1S/C19H23NO5S2/c21-27(22,17-3-4-18-19(14-17)25-12-11-24-18)20(15-6-9-23-10-7-15)8-5-16-2-1-13-26-16/h1-4,13-15H,5-12H2. The second-order valence-electron chi connectivity index (χ2n) is 6.59. The first-order valence-corrected chi connectivity index (χ1v) is 11.5. The highest BCUT2D eigenvalue weighted by molar-refractivity contribution is 7.89. The lowest BCUT2D eigenvalue weighted by molar-refractivity contribution is 0.0587. The number of sulfonamides is 1. The minimum absolute atomic E-state index is 0.0445. The number of nitrogens with zero attached hydrogens (tertiary/aromatic N) is 1. The molecule has 1 aromatic carbocycles. The van der Waals surface area contributed by atoms with Gasteiger partial charge in [0.2, 0.25) is 10.0 Å². The van der Waals surface area contributed by atoms with Crippen LogP contribution in [-0.2, 0) is 21.2 Å². The Hall–Kier alpha value is -1.61. The van der Waals surface area contributed by atoms with Crippen LogP contribution < -0.4 is 9.47 Å². The number of hydrogen-bond acceptors (Lipinski definition) is 6. The summed E-state index contributed by atoms with van der Waals surface area (Å²) < 4.78 is 45.1. The molecule has 1 fully saturated rings. The van der Waals surface area contributed by atoms with Crippen LogP contribution in [0.4, 0.5) is 0 Å². The van der Waals surface area contributed by atoms with E-state index in [2.05, 4.69) is 0 Å². The second kappa shape index (κ2) is 8.18. The van der Waals surface area contributed by atoms with E-state index < -0.39 is 10.0 Å². The molecular weight excluding hydrogens is 386 g/mol. The van der Waals surface area contributed by atoms with Crippen molar-refractivity contribution in [2.75, 3.05) is 33.0 Å². The number of benzene rings is 1. The van der Waals surface area contributed by atoms with Crippen molar-refractivity contribution in [1.82, 2.24) is 4.31 Å². The lowest BCUT2D eigenvalue weighted by atomic mass is 10.1. The predicted octanol–water partition coefficient (Wildman–Crippen LogP) is 2.93. The molecule has 146 valence electrons. The highest BCUT2D eigenvalue weighted by Crippen LogP contribution is 2.34. The Morgan fingerprint density at radius 1 is 1.04 bits per heavy atom. The van der Waals surface area contributed by atoms with E-state index in [4.69, 9.17) is 14.2 Å². The molecule has 2 aromatic rings. The maximum absolute atomic E-state index is 13.5. The lowest BCUT2D eigenvalue weighted by Gasteiger charge is -2.33. The summed E-state index contributed by atoms with van der Waals surface area (Å²) in [5.41, 5.74) is 0. The summed E-state index contributed by atoms with van der Waals surface area (Å²) in [6, 6.07) is 8.87. The van der Waals surface area contributed by atoms with E-state index in [1.165, 1.54) is 4.88 Å². The average molecular weight is 410 g/mol. The van der Waals surface area contributed by atoms with Gasteiger partial charge in [-0.25, -0.2) is 8.42 Å². The number of ether oxygens (including phenoxy) is 3. The fourth-order valence-corrected chi connectivity index (χ4v) is 5.87. The highest BCUT2D eigenvalue weighted by Gasteiger charge is 2.33. The molecule has 0 unspecified atom stereocenters. The maximum Gasteiger partial charge on any atom is 0.243 e. The summed E-state index contributed by atoms with van der Waals surface area (Å²) in [6.07, 6.45) is 2.14. The lowest BCUT2D eigenvalue weighted by Crippen LogP contribution is -2.44. The van der Waals surface area contributed by atoms with Crippen LogP contribution in [0.1, 0.15) is 17.7 Å². The topological polar surface area (TPSA) is 65.1 Å². The van der Waals surface area contributed by atoms with Crippen molar-refractivity contribution < 1.29 is 22.6 Å². The SMILES string of the molecule is O=S(=O)(c1ccc2c(c1)OCCO2)N(CCc1cccs1)C1CCOCC1. The van der Waals surface area contributed by atoms with Gasteiger partial charge in [-0.3, -0.25) is 0 Å². The number of hydrogen-bond donors (Lipinski definition) is 0. The van der Waals surface area contributed by atoms with E-state index in [9.17, 15) is 8.42 Å². The summed E-state index contributed by atoms with van der Waals surface area (Å²) in [4.78, 5) is 1.44. The van der Waals surface area contributed by atoms with Crippen molar-refractivity contribution in [3.8, 4) is 11.5 Å². The van der Waals surface area contributed by atoms with Gasteiger partial charge in [0, 0.05) is 36.7 Å². The first-order chi connectivity index (χ1) is 13.1. The van der Waals surface area contributed by atoms with E-state index >= 15 is 0 Å². The zero-order chi connectivity index (χ0) is 18.7. The fourth-order valence-electron chi connectivity index (χ4n) is 3.47. The highest BCUT2D eigenvalue weighted by atomic mass is 32.2. The molecule has 0 radical (unpaired) electrons. The molecule has 27 heavy (non-hydrogen) atoms. The number of fused-ring (bicyclic) bond motifs is 1. The normalized spacial score (nSPS) is 18.0. The maximum atomic E-state index is 13.5. The molecule has 1 aromatic heterocycles. The van der Waals surface area contributed by atoms with Crippen molar-refractivity contribution in [2.24, 2.45) is 0 Å². The Kier molecular flexibility index (Phi) is 5.68. The van der Waals surface area contributed by atoms with E-state index in [1.54, 1.807) is 33.8 Å². The van der Waals surface area contributed by atoms with Crippen LogP contribution in [0.25, 0.3) is 0 Å². The fraction of sp³-hybridized carbons (Fsp3) is 0.474. The van der Waals surface area contributed by atoms with Crippen LogP contribution in [0.15, 0.2) is 40.6 Å². The Balaban J connectivity index is 1.62. The smallest absolute Gasteiger partial charge is 0.243 e. The number of thiophene rings is 1. The molecule has 1 saturated heterocycles. The summed E-state index contributed by atoms with van der Waals surface area (Å²) in [5, 5.41) is 2.02. The van der Waals surface area contributed by atoms with Crippen LogP contribution in [0.5, 0.6) is 11.5 Å².